The van der Waals surface area contributed by atoms with Crippen LogP contribution >= 0.6 is 0 Å². The summed E-state index contributed by atoms with van der Waals surface area (Å²) in [5.74, 6) is -0.426. The van der Waals surface area contributed by atoms with Crippen LogP contribution in [-0.2, 0) is 11.3 Å². The molecule has 0 heterocycles. The summed E-state index contributed by atoms with van der Waals surface area (Å²) in [6.45, 7) is 0.205. The highest BCUT2D eigenvalue weighted by Crippen LogP contribution is 2.19. The molecule has 0 spiro atoms. The van der Waals surface area contributed by atoms with E-state index in [1.165, 1.54) is 6.07 Å². The van der Waals surface area contributed by atoms with Gasteiger partial charge in [-0.05, 0) is 34.5 Å². The molecule has 0 aromatic heterocycles. The van der Waals surface area contributed by atoms with Gasteiger partial charge in [0.05, 0.1) is 17.2 Å². The Morgan fingerprint density at radius 1 is 1.00 bits per heavy atom. The topological polar surface area (TPSA) is 50.1 Å². The molecular formula is C19H13NO2. The third kappa shape index (κ3) is 2.82. The third-order valence-electron chi connectivity index (χ3n) is 3.47. The Morgan fingerprint density at radius 3 is 2.64 bits per heavy atom. The number of carbonyl (C=O) groups excluding carboxylic acids is 1. The van der Waals surface area contributed by atoms with E-state index in [9.17, 15) is 4.79 Å². The summed E-state index contributed by atoms with van der Waals surface area (Å²) >= 11 is 0. The Kier molecular flexibility index (Phi) is 3.84. The lowest BCUT2D eigenvalue weighted by Gasteiger charge is -2.08. The molecule has 0 amide bonds. The third-order valence-corrected chi connectivity index (χ3v) is 3.47. The van der Waals surface area contributed by atoms with Gasteiger partial charge < -0.3 is 4.74 Å². The molecule has 0 aliphatic rings. The number of ether oxygens (including phenoxy) is 1. The Labute approximate surface area is 128 Å². The van der Waals surface area contributed by atoms with Crippen LogP contribution in [0.4, 0.5) is 0 Å². The first-order valence-corrected chi connectivity index (χ1v) is 6.92. The van der Waals surface area contributed by atoms with Crippen LogP contribution in [0.3, 0.4) is 0 Å². The Balaban J connectivity index is 1.79. The van der Waals surface area contributed by atoms with Crippen molar-refractivity contribution in [2.75, 3.05) is 0 Å². The van der Waals surface area contributed by atoms with Gasteiger partial charge in [0, 0.05) is 0 Å². The van der Waals surface area contributed by atoms with Crippen molar-refractivity contribution in [2.24, 2.45) is 0 Å². The molecule has 0 N–H and O–H groups in total. The van der Waals surface area contributed by atoms with Crippen LogP contribution in [0.2, 0.25) is 0 Å². The van der Waals surface area contributed by atoms with Crippen molar-refractivity contribution in [3.05, 3.63) is 83.4 Å². The van der Waals surface area contributed by atoms with Gasteiger partial charge >= 0.3 is 5.97 Å². The minimum Gasteiger partial charge on any atom is -0.457 e. The zero-order valence-electron chi connectivity index (χ0n) is 11.8. The van der Waals surface area contributed by atoms with Gasteiger partial charge in [0.25, 0.3) is 0 Å². The van der Waals surface area contributed by atoms with E-state index in [-0.39, 0.29) is 6.61 Å². The maximum absolute atomic E-state index is 12.1. The highest BCUT2D eigenvalue weighted by Gasteiger charge is 2.09. The number of nitriles is 1. The first-order valence-electron chi connectivity index (χ1n) is 6.92. The zero-order chi connectivity index (χ0) is 15.4. The molecule has 3 aromatic carbocycles. The van der Waals surface area contributed by atoms with Gasteiger partial charge in [-0.25, -0.2) is 4.79 Å². The van der Waals surface area contributed by atoms with Crippen molar-refractivity contribution in [3.63, 3.8) is 0 Å². The van der Waals surface area contributed by atoms with Crippen molar-refractivity contribution in [3.8, 4) is 6.07 Å². The van der Waals surface area contributed by atoms with Gasteiger partial charge in [-0.1, -0.05) is 48.5 Å². The van der Waals surface area contributed by atoms with Crippen molar-refractivity contribution in [1.82, 2.24) is 0 Å². The second-order valence-electron chi connectivity index (χ2n) is 4.91. The number of esters is 1. The highest BCUT2D eigenvalue weighted by atomic mass is 16.5. The predicted octanol–water partition coefficient (Wildman–Crippen LogP) is 4.07. The maximum atomic E-state index is 12.1. The number of nitrogens with zero attached hydrogens (tertiary/aromatic N) is 1. The van der Waals surface area contributed by atoms with E-state index < -0.39 is 5.97 Å². The van der Waals surface area contributed by atoms with Crippen LogP contribution in [0.5, 0.6) is 0 Å². The monoisotopic (exact) mass is 287 g/mol. The number of benzene rings is 3. The van der Waals surface area contributed by atoms with Crippen LogP contribution in [0, 0.1) is 11.3 Å². The molecule has 0 bridgehead atoms. The SMILES string of the molecule is N#Cc1cccc(C(=O)OCc2cccc3ccccc23)c1. The molecule has 0 radical (unpaired) electrons. The standard InChI is InChI=1S/C19H13NO2/c20-12-14-5-3-8-16(11-14)19(21)22-13-17-9-4-7-15-6-1-2-10-18(15)17/h1-11H,13H2. The molecule has 0 fully saturated rings. The lowest BCUT2D eigenvalue weighted by molar-refractivity contribution is 0.0474. The largest absolute Gasteiger partial charge is 0.457 e. The van der Waals surface area contributed by atoms with Gasteiger partial charge in [0.1, 0.15) is 6.61 Å². The number of rotatable bonds is 3. The first-order chi connectivity index (χ1) is 10.8. The summed E-state index contributed by atoms with van der Waals surface area (Å²) in [6.07, 6.45) is 0. The average Bonchev–Trinajstić information content (AvgIpc) is 2.59. The summed E-state index contributed by atoms with van der Waals surface area (Å²) in [5.41, 5.74) is 1.79. The van der Waals surface area contributed by atoms with E-state index in [1.807, 2.05) is 48.5 Å². The predicted molar refractivity (Wildman–Crippen MR) is 84.2 cm³/mol. The molecule has 106 valence electrons. The number of fused-ring (bicyclic) bond motifs is 1. The minimum absolute atomic E-state index is 0.205. The fraction of sp³-hybridized carbons (Fsp3) is 0.0526. The molecule has 0 saturated carbocycles. The van der Waals surface area contributed by atoms with Gasteiger partial charge in [-0.3, -0.25) is 0 Å². The summed E-state index contributed by atoms with van der Waals surface area (Å²) < 4.78 is 5.37. The van der Waals surface area contributed by atoms with Gasteiger partial charge in [-0.15, -0.1) is 0 Å². The van der Waals surface area contributed by atoms with E-state index in [2.05, 4.69) is 0 Å². The fourth-order valence-corrected chi connectivity index (χ4v) is 2.36. The Hall–Kier alpha value is -3.12. The smallest absolute Gasteiger partial charge is 0.338 e. The number of carbonyl (C=O) groups is 1. The van der Waals surface area contributed by atoms with E-state index in [1.54, 1.807) is 18.2 Å². The number of hydrogen-bond donors (Lipinski definition) is 0. The highest BCUT2D eigenvalue weighted by molar-refractivity contribution is 5.90. The summed E-state index contributed by atoms with van der Waals surface area (Å²) in [5, 5.41) is 11.1. The Bertz CT molecular complexity index is 872. The lowest BCUT2D eigenvalue weighted by atomic mass is 10.1. The van der Waals surface area contributed by atoms with Gasteiger partial charge in [-0.2, -0.15) is 5.26 Å². The molecule has 3 nitrogen and oxygen atoms in total. The molecule has 0 unspecified atom stereocenters. The summed E-state index contributed by atoms with van der Waals surface area (Å²) in [6, 6.07) is 22.4. The Morgan fingerprint density at radius 2 is 1.77 bits per heavy atom. The molecule has 0 aliphatic carbocycles. The molecule has 3 heteroatoms. The van der Waals surface area contributed by atoms with Crippen molar-refractivity contribution in [1.29, 1.82) is 5.26 Å². The van der Waals surface area contributed by atoms with Crippen molar-refractivity contribution >= 4 is 16.7 Å². The van der Waals surface area contributed by atoms with Crippen LogP contribution in [0.25, 0.3) is 10.8 Å². The van der Waals surface area contributed by atoms with Crippen LogP contribution in [0.15, 0.2) is 66.7 Å². The van der Waals surface area contributed by atoms with Gasteiger partial charge in [0.15, 0.2) is 0 Å². The van der Waals surface area contributed by atoms with Crippen molar-refractivity contribution < 1.29 is 9.53 Å². The molecule has 0 saturated heterocycles. The molecule has 3 aromatic rings. The second kappa shape index (κ2) is 6.11. The molecular weight excluding hydrogens is 274 g/mol. The quantitative estimate of drug-likeness (QED) is 0.682. The zero-order valence-corrected chi connectivity index (χ0v) is 11.8. The molecule has 22 heavy (non-hydrogen) atoms. The van der Waals surface area contributed by atoms with Crippen LogP contribution in [-0.4, -0.2) is 5.97 Å². The van der Waals surface area contributed by atoms with Gasteiger partial charge in [0.2, 0.25) is 0 Å². The van der Waals surface area contributed by atoms with E-state index in [0.29, 0.717) is 11.1 Å². The maximum Gasteiger partial charge on any atom is 0.338 e. The lowest BCUT2D eigenvalue weighted by Crippen LogP contribution is -2.05. The summed E-state index contributed by atoms with van der Waals surface area (Å²) in [7, 11) is 0. The number of hydrogen-bond acceptors (Lipinski definition) is 3. The second-order valence-corrected chi connectivity index (χ2v) is 4.91. The first kappa shape index (κ1) is 13.8. The van der Waals surface area contributed by atoms with Crippen LogP contribution in [0.1, 0.15) is 21.5 Å². The normalized spacial score (nSPS) is 10.1. The van der Waals surface area contributed by atoms with Crippen LogP contribution < -0.4 is 0 Å². The summed E-state index contributed by atoms with van der Waals surface area (Å²) in [4.78, 5) is 12.1. The average molecular weight is 287 g/mol. The molecule has 0 aliphatic heterocycles. The minimum atomic E-state index is -0.426. The fourth-order valence-electron chi connectivity index (χ4n) is 2.36. The molecule has 0 atom stereocenters. The van der Waals surface area contributed by atoms with Crippen molar-refractivity contribution in [2.45, 2.75) is 6.61 Å². The van der Waals surface area contributed by atoms with E-state index in [4.69, 9.17) is 10.00 Å². The van der Waals surface area contributed by atoms with E-state index in [0.717, 1.165) is 16.3 Å². The van der Waals surface area contributed by atoms with E-state index >= 15 is 0 Å². The molecule has 3 rings (SSSR count).